The van der Waals surface area contributed by atoms with Gasteiger partial charge in [0.15, 0.2) is 0 Å². The van der Waals surface area contributed by atoms with Gasteiger partial charge < -0.3 is 19.1 Å². The van der Waals surface area contributed by atoms with E-state index < -0.39 is 0 Å². The summed E-state index contributed by atoms with van der Waals surface area (Å²) >= 11 is 0. The first kappa shape index (κ1) is 17.2. The van der Waals surface area contributed by atoms with Crippen molar-refractivity contribution in [2.75, 3.05) is 27.9 Å². The lowest BCUT2D eigenvalue weighted by Crippen LogP contribution is -2.42. The molecule has 0 fully saturated rings. The smallest absolute Gasteiger partial charge is 0.249 e. The number of amides is 1. The topological polar surface area (TPSA) is 48.0 Å². The van der Waals surface area contributed by atoms with Gasteiger partial charge in [0.25, 0.3) is 0 Å². The van der Waals surface area contributed by atoms with Crippen molar-refractivity contribution in [1.82, 2.24) is 4.90 Å². The molecule has 1 aromatic rings. The van der Waals surface area contributed by atoms with Gasteiger partial charge in [-0.05, 0) is 6.92 Å². The van der Waals surface area contributed by atoms with Crippen LogP contribution in [0.2, 0.25) is 0 Å². The third-order valence-electron chi connectivity index (χ3n) is 4.00. The van der Waals surface area contributed by atoms with Crippen molar-refractivity contribution in [2.45, 2.75) is 27.3 Å². The van der Waals surface area contributed by atoms with Crippen LogP contribution in [0.25, 0.3) is 0 Å². The lowest BCUT2D eigenvalue weighted by Gasteiger charge is -2.36. The summed E-state index contributed by atoms with van der Waals surface area (Å²) in [5.41, 5.74) is 1.56. The number of rotatable bonds is 5. The minimum absolute atomic E-state index is 0.0456. The highest BCUT2D eigenvalue weighted by atomic mass is 16.5. The highest BCUT2D eigenvalue weighted by Gasteiger charge is 2.31. The van der Waals surface area contributed by atoms with Gasteiger partial charge in [0, 0.05) is 29.7 Å². The molecule has 1 aliphatic heterocycles. The molecule has 0 bridgehead atoms. The number of carbonyl (C=O) groups is 1. The van der Waals surface area contributed by atoms with Crippen LogP contribution in [0.1, 0.15) is 26.3 Å². The fourth-order valence-corrected chi connectivity index (χ4v) is 3.06. The zero-order chi connectivity index (χ0) is 17.2. The Balaban J connectivity index is 2.40. The van der Waals surface area contributed by atoms with E-state index in [0.29, 0.717) is 30.3 Å². The van der Waals surface area contributed by atoms with Crippen molar-refractivity contribution in [1.29, 1.82) is 0 Å². The maximum Gasteiger partial charge on any atom is 0.249 e. The molecule has 0 atom stereocenters. The van der Waals surface area contributed by atoms with E-state index in [1.165, 1.54) is 0 Å². The largest absolute Gasteiger partial charge is 0.496 e. The molecule has 5 nitrogen and oxygen atoms in total. The predicted octanol–water partition coefficient (Wildman–Crippen LogP) is 3.03. The Hall–Kier alpha value is -2.17. The minimum atomic E-state index is -0.0507. The van der Waals surface area contributed by atoms with Gasteiger partial charge in [-0.15, -0.1) is 0 Å². The second kappa shape index (κ2) is 6.52. The SMILES string of the molecule is COc1cc(OC)c(CN2CC(C)(C)C=C(C)C2=O)c(OC)c1. The van der Waals surface area contributed by atoms with Gasteiger partial charge in [0.1, 0.15) is 17.2 Å². The Morgan fingerprint density at radius 1 is 1.09 bits per heavy atom. The monoisotopic (exact) mass is 319 g/mol. The van der Waals surface area contributed by atoms with Crippen LogP contribution in [0.3, 0.4) is 0 Å². The average molecular weight is 319 g/mol. The van der Waals surface area contributed by atoms with E-state index in [0.717, 1.165) is 11.1 Å². The molecule has 0 aliphatic carbocycles. The van der Waals surface area contributed by atoms with E-state index in [1.54, 1.807) is 33.5 Å². The van der Waals surface area contributed by atoms with Gasteiger partial charge in [-0.25, -0.2) is 0 Å². The zero-order valence-corrected chi connectivity index (χ0v) is 14.7. The Labute approximate surface area is 137 Å². The quantitative estimate of drug-likeness (QED) is 0.837. The lowest BCUT2D eigenvalue weighted by molar-refractivity contribution is -0.129. The van der Waals surface area contributed by atoms with Crippen LogP contribution in [0, 0.1) is 5.41 Å². The van der Waals surface area contributed by atoms with Gasteiger partial charge in [0.2, 0.25) is 5.91 Å². The number of hydrogen-bond acceptors (Lipinski definition) is 4. The van der Waals surface area contributed by atoms with Crippen LogP contribution < -0.4 is 14.2 Å². The van der Waals surface area contributed by atoms with E-state index >= 15 is 0 Å². The Bertz CT molecular complexity index is 609. The third-order valence-corrected chi connectivity index (χ3v) is 4.00. The number of benzene rings is 1. The predicted molar refractivity (Wildman–Crippen MR) is 89.1 cm³/mol. The molecule has 0 radical (unpaired) electrons. The Morgan fingerprint density at radius 3 is 2.13 bits per heavy atom. The minimum Gasteiger partial charge on any atom is -0.496 e. The Morgan fingerprint density at radius 2 is 1.65 bits per heavy atom. The number of nitrogens with zero attached hydrogens (tertiary/aromatic N) is 1. The van der Waals surface area contributed by atoms with Crippen LogP contribution in [-0.4, -0.2) is 38.7 Å². The fraction of sp³-hybridized carbons (Fsp3) is 0.500. The molecule has 0 saturated heterocycles. The molecule has 1 aromatic carbocycles. The Kier molecular flexibility index (Phi) is 4.88. The first-order valence-corrected chi connectivity index (χ1v) is 7.59. The van der Waals surface area contributed by atoms with Crippen molar-refractivity contribution in [3.05, 3.63) is 29.3 Å². The van der Waals surface area contributed by atoms with Crippen molar-refractivity contribution >= 4 is 5.91 Å². The normalized spacial score (nSPS) is 16.9. The first-order chi connectivity index (χ1) is 10.8. The summed E-state index contributed by atoms with van der Waals surface area (Å²) in [6.07, 6.45) is 2.04. The molecule has 1 amide bonds. The second-order valence-corrected chi connectivity index (χ2v) is 6.49. The summed E-state index contributed by atoms with van der Waals surface area (Å²) < 4.78 is 16.2. The summed E-state index contributed by atoms with van der Waals surface area (Å²) in [4.78, 5) is 14.3. The van der Waals surface area contributed by atoms with Crippen molar-refractivity contribution in [2.24, 2.45) is 5.41 Å². The molecule has 0 unspecified atom stereocenters. The maximum absolute atomic E-state index is 12.5. The van der Waals surface area contributed by atoms with E-state index in [-0.39, 0.29) is 11.3 Å². The molecule has 23 heavy (non-hydrogen) atoms. The average Bonchev–Trinajstić information content (AvgIpc) is 2.51. The highest BCUT2D eigenvalue weighted by Crippen LogP contribution is 2.37. The van der Waals surface area contributed by atoms with Gasteiger partial charge in [-0.3, -0.25) is 4.79 Å². The molecule has 5 heteroatoms. The van der Waals surface area contributed by atoms with Crippen molar-refractivity contribution in [3.8, 4) is 17.2 Å². The molecular weight excluding hydrogens is 294 g/mol. The molecule has 0 spiro atoms. The van der Waals surface area contributed by atoms with E-state index in [9.17, 15) is 4.79 Å². The highest BCUT2D eigenvalue weighted by molar-refractivity contribution is 5.94. The van der Waals surface area contributed by atoms with E-state index in [4.69, 9.17) is 14.2 Å². The maximum atomic E-state index is 12.5. The molecule has 0 saturated carbocycles. The van der Waals surface area contributed by atoms with Crippen LogP contribution in [0.5, 0.6) is 17.2 Å². The lowest BCUT2D eigenvalue weighted by atomic mass is 9.86. The summed E-state index contributed by atoms with van der Waals surface area (Å²) in [6.45, 7) is 7.20. The number of ether oxygens (including phenoxy) is 3. The molecular formula is C18H25NO4. The van der Waals surface area contributed by atoms with Gasteiger partial charge >= 0.3 is 0 Å². The number of hydrogen-bond donors (Lipinski definition) is 0. The molecule has 0 N–H and O–H groups in total. The summed E-state index contributed by atoms with van der Waals surface area (Å²) in [6, 6.07) is 3.61. The first-order valence-electron chi connectivity index (χ1n) is 7.59. The summed E-state index contributed by atoms with van der Waals surface area (Å²) in [7, 11) is 4.80. The van der Waals surface area contributed by atoms with Crippen LogP contribution >= 0.6 is 0 Å². The summed E-state index contributed by atoms with van der Waals surface area (Å²) in [5, 5.41) is 0. The molecule has 2 rings (SSSR count). The number of carbonyl (C=O) groups excluding carboxylic acids is 1. The van der Waals surface area contributed by atoms with E-state index in [1.807, 2.05) is 17.9 Å². The van der Waals surface area contributed by atoms with Crippen LogP contribution in [0.15, 0.2) is 23.8 Å². The summed E-state index contributed by atoms with van der Waals surface area (Å²) in [5.74, 6) is 2.01. The zero-order valence-electron chi connectivity index (χ0n) is 14.7. The molecule has 1 aliphatic rings. The fourth-order valence-electron chi connectivity index (χ4n) is 3.06. The van der Waals surface area contributed by atoms with Crippen LogP contribution in [-0.2, 0) is 11.3 Å². The molecule has 0 aromatic heterocycles. The second-order valence-electron chi connectivity index (χ2n) is 6.49. The van der Waals surface area contributed by atoms with Crippen molar-refractivity contribution in [3.63, 3.8) is 0 Å². The number of methoxy groups -OCH3 is 3. The standard InChI is InChI=1S/C18H25NO4/c1-12-9-18(2,3)11-19(17(12)20)10-14-15(22-5)7-13(21-4)8-16(14)23-6/h7-9H,10-11H2,1-6H3. The molecule has 1 heterocycles. The third kappa shape index (κ3) is 3.60. The molecule has 126 valence electrons. The van der Waals surface area contributed by atoms with Gasteiger partial charge in [-0.2, -0.15) is 0 Å². The van der Waals surface area contributed by atoms with Gasteiger partial charge in [-0.1, -0.05) is 19.9 Å². The van der Waals surface area contributed by atoms with Crippen LogP contribution in [0.4, 0.5) is 0 Å². The van der Waals surface area contributed by atoms with E-state index in [2.05, 4.69) is 13.8 Å². The van der Waals surface area contributed by atoms with Gasteiger partial charge in [0.05, 0.1) is 33.4 Å². The van der Waals surface area contributed by atoms with Crippen molar-refractivity contribution < 1.29 is 19.0 Å².